The van der Waals surface area contributed by atoms with Crippen molar-refractivity contribution in [2.75, 3.05) is 20.6 Å². The highest BCUT2D eigenvalue weighted by Crippen LogP contribution is 2.26. The summed E-state index contributed by atoms with van der Waals surface area (Å²) in [5.41, 5.74) is 0.934. The molecule has 0 saturated carbocycles. The van der Waals surface area contributed by atoms with Gasteiger partial charge < -0.3 is 4.90 Å². The van der Waals surface area contributed by atoms with Crippen molar-refractivity contribution >= 4 is 11.6 Å². The molecule has 0 amide bonds. The number of nitriles is 1. The van der Waals surface area contributed by atoms with Crippen molar-refractivity contribution in [3.63, 3.8) is 0 Å². The molecule has 0 N–H and O–H groups in total. The Balaban J connectivity index is 2.76. The highest BCUT2D eigenvalue weighted by Gasteiger charge is 2.13. The molecule has 1 aromatic rings. The van der Waals surface area contributed by atoms with Crippen LogP contribution >= 0.6 is 11.6 Å². The fourth-order valence-corrected chi connectivity index (χ4v) is 1.70. The molecule has 15 heavy (non-hydrogen) atoms. The van der Waals surface area contributed by atoms with Gasteiger partial charge in [0.05, 0.1) is 12.0 Å². The molecule has 1 unspecified atom stereocenters. The number of halogens is 1. The van der Waals surface area contributed by atoms with Crippen molar-refractivity contribution < 1.29 is 0 Å². The smallest absolute Gasteiger partial charge is 0.0739 e. The molecule has 3 heteroatoms. The van der Waals surface area contributed by atoms with E-state index in [9.17, 15) is 0 Å². The van der Waals surface area contributed by atoms with Gasteiger partial charge in [-0.05, 0) is 38.7 Å². The lowest BCUT2D eigenvalue weighted by Crippen LogP contribution is -2.15. The van der Waals surface area contributed by atoms with Crippen LogP contribution in [0.5, 0.6) is 0 Å². The molecule has 0 heterocycles. The van der Waals surface area contributed by atoms with Crippen LogP contribution in [0.25, 0.3) is 0 Å². The summed E-state index contributed by atoms with van der Waals surface area (Å²) in [4.78, 5) is 2.07. The molecule has 0 aliphatic carbocycles. The monoisotopic (exact) mass is 222 g/mol. The molecule has 0 bridgehead atoms. The zero-order valence-corrected chi connectivity index (χ0v) is 9.83. The first-order chi connectivity index (χ1) is 7.15. The summed E-state index contributed by atoms with van der Waals surface area (Å²) >= 11 is 6.05. The van der Waals surface area contributed by atoms with Crippen LogP contribution in [0.15, 0.2) is 24.3 Å². The Morgan fingerprint density at radius 3 is 2.60 bits per heavy atom. The topological polar surface area (TPSA) is 27.0 Å². The predicted molar refractivity (Wildman–Crippen MR) is 63.0 cm³/mol. The molecule has 0 aromatic heterocycles. The summed E-state index contributed by atoms with van der Waals surface area (Å²) < 4.78 is 0. The normalized spacial score (nSPS) is 12.5. The second-order valence-corrected chi connectivity index (χ2v) is 4.20. The van der Waals surface area contributed by atoms with Gasteiger partial charge in [-0.1, -0.05) is 29.8 Å². The summed E-state index contributed by atoms with van der Waals surface area (Å²) in [7, 11) is 4.00. The lowest BCUT2D eigenvalue weighted by molar-refractivity contribution is 0.393. The number of rotatable bonds is 4. The fourth-order valence-electron chi connectivity index (χ4n) is 1.43. The van der Waals surface area contributed by atoms with Gasteiger partial charge in [-0.15, -0.1) is 0 Å². The van der Waals surface area contributed by atoms with Crippen LogP contribution < -0.4 is 0 Å². The quantitative estimate of drug-likeness (QED) is 0.784. The lowest BCUT2D eigenvalue weighted by Gasteiger charge is -2.14. The van der Waals surface area contributed by atoms with Crippen LogP contribution in [-0.2, 0) is 0 Å². The Hall–Kier alpha value is -1.04. The number of benzene rings is 1. The molecule has 0 fully saturated rings. The van der Waals surface area contributed by atoms with Crippen LogP contribution in [-0.4, -0.2) is 25.5 Å². The third-order valence-corrected chi connectivity index (χ3v) is 2.65. The minimum absolute atomic E-state index is 0.110. The SMILES string of the molecule is CN(C)CCC(C#N)c1ccccc1Cl. The first-order valence-corrected chi connectivity index (χ1v) is 5.31. The Morgan fingerprint density at radius 2 is 2.07 bits per heavy atom. The van der Waals surface area contributed by atoms with Crippen LogP contribution in [0.4, 0.5) is 0 Å². The van der Waals surface area contributed by atoms with Gasteiger partial charge >= 0.3 is 0 Å². The summed E-state index contributed by atoms with van der Waals surface area (Å²) in [6, 6.07) is 9.86. The van der Waals surface area contributed by atoms with Crippen molar-refractivity contribution in [2.45, 2.75) is 12.3 Å². The van der Waals surface area contributed by atoms with E-state index in [1.807, 2.05) is 38.4 Å². The summed E-state index contributed by atoms with van der Waals surface area (Å²) in [5, 5.41) is 9.77. The summed E-state index contributed by atoms with van der Waals surface area (Å²) in [5.74, 6) is -0.110. The van der Waals surface area contributed by atoms with E-state index >= 15 is 0 Å². The number of hydrogen-bond donors (Lipinski definition) is 0. The molecule has 0 radical (unpaired) electrons. The standard InChI is InChI=1S/C12H15ClN2/c1-15(2)8-7-10(9-14)11-5-3-4-6-12(11)13/h3-6,10H,7-8H2,1-2H3. The van der Waals surface area contributed by atoms with E-state index in [1.54, 1.807) is 0 Å². The van der Waals surface area contributed by atoms with Crippen LogP contribution in [0.3, 0.4) is 0 Å². The van der Waals surface area contributed by atoms with Crippen LogP contribution in [0.2, 0.25) is 5.02 Å². The third-order valence-electron chi connectivity index (χ3n) is 2.30. The third kappa shape index (κ3) is 3.54. The zero-order valence-electron chi connectivity index (χ0n) is 9.07. The summed E-state index contributed by atoms with van der Waals surface area (Å²) in [6.07, 6.45) is 0.813. The predicted octanol–water partition coefficient (Wildman–Crippen LogP) is 2.90. The van der Waals surface area contributed by atoms with Gasteiger partial charge in [-0.3, -0.25) is 0 Å². The van der Waals surface area contributed by atoms with Crippen molar-refractivity contribution in [3.8, 4) is 6.07 Å². The van der Waals surface area contributed by atoms with Gasteiger partial charge in [0.25, 0.3) is 0 Å². The van der Waals surface area contributed by atoms with E-state index in [2.05, 4.69) is 11.0 Å². The number of nitrogens with zero attached hydrogens (tertiary/aromatic N) is 2. The van der Waals surface area contributed by atoms with Gasteiger partial charge in [0, 0.05) is 5.02 Å². The minimum Gasteiger partial charge on any atom is -0.309 e. The van der Waals surface area contributed by atoms with E-state index in [-0.39, 0.29) is 5.92 Å². The highest BCUT2D eigenvalue weighted by molar-refractivity contribution is 6.31. The molecule has 0 spiro atoms. The molecule has 0 saturated heterocycles. The van der Waals surface area contributed by atoms with E-state index in [0.717, 1.165) is 18.5 Å². The molecule has 1 atom stereocenters. The maximum atomic E-state index is 9.09. The number of hydrogen-bond acceptors (Lipinski definition) is 2. The first kappa shape index (κ1) is 12.0. The molecule has 1 rings (SSSR count). The van der Waals surface area contributed by atoms with Crippen molar-refractivity contribution in [1.82, 2.24) is 4.90 Å². The minimum atomic E-state index is -0.110. The largest absolute Gasteiger partial charge is 0.309 e. The van der Waals surface area contributed by atoms with Gasteiger partial charge in [0.15, 0.2) is 0 Å². The molecule has 0 aliphatic heterocycles. The average Bonchev–Trinajstić information content (AvgIpc) is 2.21. The molecular weight excluding hydrogens is 208 g/mol. The molecule has 1 aromatic carbocycles. The second-order valence-electron chi connectivity index (χ2n) is 3.80. The van der Waals surface area contributed by atoms with Crippen molar-refractivity contribution in [3.05, 3.63) is 34.9 Å². The molecule has 0 aliphatic rings. The van der Waals surface area contributed by atoms with Gasteiger partial charge in [-0.25, -0.2) is 0 Å². The Bertz CT molecular complexity index is 355. The van der Waals surface area contributed by atoms with Crippen LogP contribution in [0, 0.1) is 11.3 Å². The van der Waals surface area contributed by atoms with E-state index in [4.69, 9.17) is 16.9 Å². The molecule has 80 valence electrons. The molecule has 2 nitrogen and oxygen atoms in total. The van der Waals surface area contributed by atoms with E-state index < -0.39 is 0 Å². The maximum absolute atomic E-state index is 9.09. The second kappa shape index (κ2) is 5.75. The Labute approximate surface area is 96.1 Å². The van der Waals surface area contributed by atoms with E-state index in [1.165, 1.54) is 0 Å². The highest BCUT2D eigenvalue weighted by atomic mass is 35.5. The molecular formula is C12H15ClN2. The maximum Gasteiger partial charge on any atom is 0.0739 e. The van der Waals surface area contributed by atoms with Crippen LogP contribution in [0.1, 0.15) is 17.9 Å². The van der Waals surface area contributed by atoms with Gasteiger partial charge in [-0.2, -0.15) is 5.26 Å². The van der Waals surface area contributed by atoms with E-state index in [0.29, 0.717) is 5.02 Å². The van der Waals surface area contributed by atoms with Crippen molar-refractivity contribution in [1.29, 1.82) is 5.26 Å². The van der Waals surface area contributed by atoms with Crippen molar-refractivity contribution in [2.24, 2.45) is 0 Å². The van der Waals surface area contributed by atoms with Gasteiger partial charge in [0.2, 0.25) is 0 Å². The Morgan fingerprint density at radius 1 is 1.40 bits per heavy atom. The lowest BCUT2D eigenvalue weighted by atomic mass is 9.97. The fraction of sp³-hybridized carbons (Fsp3) is 0.417. The first-order valence-electron chi connectivity index (χ1n) is 4.94. The van der Waals surface area contributed by atoms with Gasteiger partial charge in [0.1, 0.15) is 0 Å². The zero-order chi connectivity index (χ0) is 11.3. The summed E-state index contributed by atoms with van der Waals surface area (Å²) in [6.45, 7) is 0.892. The average molecular weight is 223 g/mol. The Kier molecular flexibility index (Phi) is 4.61.